The number of para-hydroxylation sites is 1. The van der Waals surface area contributed by atoms with E-state index in [9.17, 15) is 9.18 Å². The zero-order valence-electron chi connectivity index (χ0n) is 17.1. The number of aryl methyl sites for hydroxylation is 1. The molecule has 0 radical (unpaired) electrons. The van der Waals surface area contributed by atoms with E-state index in [1.165, 1.54) is 16.8 Å². The van der Waals surface area contributed by atoms with Crippen LogP contribution in [0.2, 0.25) is 0 Å². The summed E-state index contributed by atoms with van der Waals surface area (Å²) in [6.07, 6.45) is 0. The summed E-state index contributed by atoms with van der Waals surface area (Å²) in [5, 5.41) is 8.39. The van der Waals surface area contributed by atoms with Crippen LogP contribution < -0.4 is 5.32 Å². The van der Waals surface area contributed by atoms with Gasteiger partial charge < -0.3 is 9.73 Å². The largest absolute Gasteiger partial charge is 0.459 e. The van der Waals surface area contributed by atoms with Crippen molar-refractivity contribution in [2.45, 2.75) is 6.04 Å². The predicted molar refractivity (Wildman–Crippen MR) is 114 cm³/mol. The number of fused-ring (bicyclic) bond motifs is 1. The van der Waals surface area contributed by atoms with E-state index in [0.717, 1.165) is 22.3 Å². The van der Waals surface area contributed by atoms with Crippen LogP contribution in [0.1, 0.15) is 22.3 Å². The van der Waals surface area contributed by atoms with Crippen molar-refractivity contribution < 1.29 is 13.6 Å². The van der Waals surface area contributed by atoms with Gasteiger partial charge in [0, 0.05) is 24.5 Å². The standard InChI is InChI=1S/C23H23FN4O2/c1-27(2)20(22-12-16-6-4-5-7-21(16)30-22)14-25-23(29)19-13-18(26-28(19)3)15-8-10-17(24)11-9-15/h4-13,20H,14H2,1-3H3,(H,25,29). The number of benzene rings is 2. The maximum absolute atomic E-state index is 13.2. The van der Waals surface area contributed by atoms with Gasteiger partial charge in [-0.25, -0.2) is 4.39 Å². The van der Waals surface area contributed by atoms with Gasteiger partial charge in [0.15, 0.2) is 0 Å². The molecule has 4 rings (SSSR count). The average Bonchev–Trinajstić information content (AvgIpc) is 3.31. The van der Waals surface area contributed by atoms with Crippen LogP contribution in [-0.4, -0.2) is 41.2 Å². The van der Waals surface area contributed by atoms with E-state index in [0.29, 0.717) is 17.9 Å². The first kappa shape index (κ1) is 19.8. The highest BCUT2D eigenvalue weighted by atomic mass is 19.1. The van der Waals surface area contributed by atoms with Crippen LogP contribution in [0.25, 0.3) is 22.2 Å². The molecule has 2 heterocycles. The molecule has 154 valence electrons. The number of aromatic nitrogens is 2. The third kappa shape index (κ3) is 3.97. The summed E-state index contributed by atoms with van der Waals surface area (Å²) in [5.41, 5.74) is 2.61. The number of rotatable bonds is 6. The molecule has 1 atom stereocenters. The summed E-state index contributed by atoms with van der Waals surface area (Å²) in [7, 11) is 5.60. The summed E-state index contributed by atoms with van der Waals surface area (Å²) < 4.78 is 20.7. The topological polar surface area (TPSA) is 63.3 Å². The molecule has 0 aliphatic rings. The highest BCUT2D eigenvalue weighted by molar-refractivity contribution is 5.93. The second-order valence-corrected chi connectivity index (χ2v) is 7.42. The third-order valence-corrected chi connectivity index (χ3v) is 5.10. The van der Waals surface area contributed by atoms with Crippen molar-refractivity contribution in [1.29, 1.82) is 0 Å². The lowest BCUT2D eigenvalue weighted by atomic mass is 10.1. The number of furan rings is 1. The van der Waals surface area contributed by atoms with Crippen LogP contribution in [0.5, 0.6) is 0 Å². The van der Waals surface area contributed by atoms with Gasteiger partial charge in [-0.15, -0.1) is 0 Å². The molecule has 1 amide bonds. The molecule has 0 saturated heterocycles. The summed E-state index contributed by atoms with van der Waals surface area (Å²) >= 11 is 0. The second kappa shape index (κ2) is 8.12. The molecule has 0 bridgehead atoms. The van der Waals surface area contributed by atoms with Gasteiger partial charge in [0.05, 0.1) is 11.7 Å². The first-order valence-electron chi connectivity index (χ1n) is 9.65. The number of halogens is 1. The van der Waals surface area contributed by atoms with Crippen molar-refractivity contribution in [2.75, 3.05) is 20.6 Å². The number of likely N-dealkylation sites (N-methyl/N-ethyl adjacent to an activating group) is 1. The Hall–Kier alpha value is -3.45. The zero-order chi connectivity index (χ0) is 21.3. The van der Waals surface area contributed by atoms with E-state index in [-0.39, 0.29) is 17.8 Å². The fraction of sp³-hybridized carbons (Fsp3) is 0.217. The van der Waals surface area contributed by atoms with Crippen molar-refractivity contribution in [3.8, 4) is 11.3 Å². The molecule has 2 aromatic carbocycles. The van der Waals surface area contributed by atoms with Crippen molar-refractivity contribution in [3.63, 3.8) is 0 Å². The molecule has 0 fully saturated rings. The number of hydrogen-bond donors (Lipinski definition) is 1. The summed E-state index contributed by atoms with van der Waals surface area (Å²) in [6, 6.07) is 17.4. The van der Waals surface area contributed by atoms with Gasteiger partial charge in [-0.2, -0.15) is 5.10 Å². The lowest BCUT2D eigenvalue weighted by Gasteiger charge is -2.22. The van der Waals surface area contributed by atoms with E-state index < -0.39 is 0 Å². The van der Waals surface area contributed by atoms with Gasteiger partial charge >= 0.3 is 0 Å². The molecule has 0 spiro atoms. The SMILES string of the molecule is CN(C)C(CNC(=O)c1cc(-c2ccc(F)cc2)nn1C)c1cc2ccccc2o1. The fourth-order valence-corrected chi connectivity index (χ4v) is 3.43. The number of amides is 1. The lowest BCUT2D eigenvalue weighted by molar-refractivity contribution is 0.0930. The Labute approximate surface area is 173 Å². The normalized spacial score (nSPS) is 12.4. The van der Waals surface area contributed by atoms with Crippen LogP contribution in [-0.2, 0) is 7.05 Å². The highest BCUT2D eigenvalue weighted by Gasteiger charge is 2.21. The maximum atomic E-state index is 13.2. The first-order chi connectivity index (χ1) is 14.4. The number of nitrogens with zero attached hydrogens (tertiary/aromatic N) is 3. The smallest absolute Gasteiger partial charge is 0.269 e. The zero-order valence-corrected chi connectivity index (χ0v) is 17.1. The molecular formula is C23H23FN4O2. The number of nitrogens with one attached hydrogen (secondary N) is 1. The first-order valence-corrected chi connectivity index (χ1v) is 9.65. The Bertz CT molecular complexity index is 1140. The molecule has 0 aliphatic carbocycles. The van der Waals surface area contributed by atoms with Crippen LogP contribution >= 0.6 is 0 Å². The van der Waals surface area contributed by atoms with Crippen molar-refractivity contribution >= 4 is 16.9 Å². The van der Waals surface area contributed by atoms with E-state index in [1.54, 1.807) is 25.2 Å². The van der Waals surface area contributed by atoms with Gasteiger partial charge in [0.1, 0.15) is 22.9 Å². The minimum atomic E-state index is -0.312. The second-order valence-electron chi connectivity index (χ2n) is 7.42. The molecule has 2 aromatic heterocycles. The minimum Gasteiger partial charge on any atom is -0.459 e. The molecule has 6 nitrogen and oxygen atoms in total. The molecule has 4 aromatic rings. The van der Waals surface area contributed by atoms with E-state index >= 15 is 0 Å². The number of carbonyl (C=O) groups is 1. The van der Waals surface area contributed by atoms with Crippen LogP contribution in [0.4, 0.5) is 4.39 Å². The molecule has 1 unspecified atom stereocenters. The minimum absolute atomic E-state index is 0.119. The molecule has 0 aliphatic heterocycles. The van der Waals surface area contributed by atoms with Gasteiger partial charge in [-0.1, -0.05) is 18.2 Å². The van der Waals surface area contributed by atoms with Gasteiger partial charge in [-0.3, -0.25) is 14.4 Å². The van der Waals surface area contributed by atoms with Crippen LogP contribution in [0, 0.1) is 5.82 Å². The molecule has 7 heteroatoms. The fourth-order valence-electron chi connectivity index (χ4n) is 3.43. The Balaban J connectivity index is 1.50. The van der Waals surface area contributed by atoms with Crippen molar-refractivity contribution in [3.05, 3.63) is 77.9 Å². The van der Waals surface area contributed by atoms with E-state index in [4.69, 9.17) is 4.42 Å². The Morgan fingerprint density at radius 3 is 2.60 bits per heavy atom. The average molecular weight is 406 g/mol. The third-order valence-electron chi connectivity index (χ3n) is 5.10. The van der Waals surface area contributed by atoms with E-state index in [2.05, 4.69) is 10.4 Å². The van der Waals surface area contributed by atoms with Gasteiger partial charge in [0.25, 0.3) is 5.91 Å². The molecule has 0 saturated carbocycles. The number of hydrogen-bond acceptors (Lipinski definition) is 4. The number of carbonyl (C=O) groups excluding carboxylic acids is 1. The van der Waals surface area contributed by atoms with Crippen molar-refractivity contribution in [2.24, 2.45) is 7.05 Å². The Kier molecular flexibility index (Phi) is 5.37. The van der Waals surface area contributed by atoms with E-state index in [1.807, 2.05) is 49.3 Å². The van der Waals surface area contributed by atoms with Gasteiger partial charge in [0.2, 0.25) is 0 Å². The molecule has 30 heavy (non-hydrogen) atoms. The summed E-state index contributed by atoms with van der Waals surface area (Å²) in [4.78, 5) is 14.8. The summed E-state index contributed by atoms with van der Waals surface area (Å²) in [5.74, 6) is 0.243. The maximum Gasteiger partial charge on any atom is 0.269 e. The predicted octanol–water partition coefficient (Wildman–Crippen LogP) is 4.01. The van der Waals surface area contributed by atoms with Crippen LogP contribution in [0.15, 0.2) is 65.1 Å². The quantitative estimate of drug-likeness (QED) is 0.526. The lowest BCUT2D eigenvalue weighted by Crippen LogP contribution is -2.35. The molecular weight excluding hydrogens is 383 g/mol. The molecule has 1 N–H and O–H groups in total. The highest BCUT2D eigenvalue weighted by Crippen LogP contribution is 2.26. The Morgan fingerprint density at radius 1 is 1.17 bits per heavy atom. The Morgan fingerprint density at radius 2 is 1.90 bits per heavy atom. The van der Waals surface area contributed by atoms with Gasteiger partial charge in [-0.05, 0) is 56.6 Å². The summed E-state index contributed by atoms with van der Waals surface area (Å²) in [6.45, 7) is 0.378. The van der Waals surface area contributed by atoms with Crippen molar-refractivity contribution in [1.82, 2.24) is 20.0 Å². The monoisotopic (exact) mass is 406 g/mol. The van der Waals surface area contributed by atoms with Crippen LogP contribution in [0.3, 0.4) is 0 Å².